The normalized spacial score (nSPS) is 12.4. The zero-order valence-electron chi connectivity index (χ0n) is 20.4. The molecule has 3 aromatic heterocycles. The van der Waals surface area contributed by atoms with Crippen LogP contribution >= 0.6 is 0 Å². The molecule has 0 radical (unpaired) electrons. The summed E-state index contributed by atoms with van der Waals surface area (Å²) in [5.74, 6) is 0.725. The van der Waals surface area contributed by atoms with E-state index in [9.17, 15) is 9.90 Å². The van der Waals surface area contributed by atoms with E-state index in [0.29, 0.717) is 23.5 Å². The standard InChI is InChI=1S/C27H30N6O2/c1-5-17(20-7-6-8-21-22(26(34)28-4)9-10-30-25(20)21)14-31-24-12-23(32-16-33-24)18-11-19(15-29-13-18)27(2,3)35/h6-13,15-17,35H,5,14H2,1-4H3,(H,28,34)(H,31,32,33). The van der Waals surface area contributed by atoms with Crippen molar-refractivity contribution in [3.05, 3.63) is 78.0 Å². The van der Waals surface area contributed by atoms with E-state index in [4.69, 9.17) is 0 Å². The molecule has 0 saturated carbocycles. The molecule has 0 saturated heterocycles. The number of nitrogens with zero attached hydrogens (tertiary/aromatic N) is 4. The van der Waals surface area contributed by atoms with Crippen LogP contribution in [0.4, 0.5) is 5.82 Å². The number of aromatic nitrogens is 4. The van der Waals surface area contributed by atoms with Gasteiger partial charge in [0.1, 0.15) is 12.1 Å². The van der Waals surface area contributed by atoms with Gasteiger partial charge in [0, 0.05) is 60.7 Å². The van der Waals surface area contributed by atoms with Gasteiger partial charge in [-0.05, 0) is 38.0 Å². The largest absolute Gasteiger partial charge is 0.386 e. The predicted octanol–water partition coefficient (Wildman–Crippen LogP) is 4.28. The number of para-hydroxylation sites is 1. The Hall–Kier alpha value is -3.91. The van der Waals surface area contributed by atoms with Crippen molar-refractivity contribution < 1.29 is 9.90 Å². The second kappa shape index (κ2) is 10.1. The number of aliphatic hydroxyl groups is 1. The fourth-order valence-electron chi connectivity index (χ4n) is 4.09. The maximum atomic E-state index is 12.3. The van der Waals surface area contributed by atoms with E-state index in [1.54, 1.807) is 45.6 Å². The first kappa shape index (κ1) is 24.2. The fourth-order valence-corrected chi connectivity index (χ4v) is 4.09. The van der Waals surface area contributed by atoms with Gasteiger partial charge >= 0.3 is 0 Å². The Morgan fingerprint density at radius 3 is 2.69 bits per heavy atom. The van der Waals surface area contributed by atoms with Crippen LogP contribution < -0.4 is 10.6 Å². The van der Waals surface area contributed by atoms with E-state index >= 15 is 0 Å². The number of carbonyl (C=O) groups is 1. The molecule has 1 aromatic carbocycles. The van der Waals surface area contributed by atoms with E-state index in [-0.39, 0.29) is 11.8 Å². The minimum Gasteiger partial charge on any atom is -0.386 e. The molecule has 0 bridgehead atoms. The first-order valence-corrected chi connectivity index (χ1v) is 11.7. The molecule has 0 aliphatic rings. The van der Waals surface area contributed by atoms with Crippen LogP contribution in [0.1, 0.15) is 54.6 Å². The highest BCUT2D eigenvalue weighted by atomic mass is 16.3. The van der Waals surface area contributed by atoms with Gasteiger partial charge < -0.3 is 15.7 Å². The summed E-state index contributed by atoms with van der Waals surface area (Å²) in [5.41, 5.74) is 3.78. The molecule has 1 atom stereocenters. The van der Waals surface area contributed by atoms with Crippen LogP contribution in [0.2, 0.25) is 0 Å². The molecule has 4 aromatic rings. The molecular weight excluding hydrogens is 440 g/mol. The molecule has 1 unspecified atom stereocenters. The molecule has 1 amide bonds. The Bertz CT molecular complexity index is 1350. The molecule has 8 nitrogen and oxygen atoms in total. The smallest absolute Gasteiger partial charge is 0.251 e. The highest BCUT2D eigenvalue weighted by Crippen LogP contribution is 2.29. The van der Waals surface area contributed by atoms with Crippen molar-refractivity contribution in [1.29, 1.82) is 0 Å². The Labute approximate surface area is 204 Å². The van der Waals surface area contributed by atoms with Gasteiger partial charge in [0.2, 0.25) is 0 Å². The van der Waals surface area contributed by atoms with E-state index < -0.39 is 5.60 Å². The molecule has 4 rings (SSSR count). The lowest BCUT2D eigenvalue weighted by Gasteiger charge is -2.19. The Morgan fingerprint density at radius 2 is 1.94 bits per heavy atom. The summed E-state index contributed by atoms with van der Waals surface area (Å²) >= 11 is 0. The average Bonchev–Trinajstić information content (AvgIpc) is 2.88. The number of pyridine rings is 2. The monoisotopic (exact) mass is 470 g/mol. The van der Waals surface area contributed by atoms with Gasteiger partial charge in [0.25, 0.3) is 5.91 Å². The number of fused-ring (bicyclic) bond motifs is 1. The van der Waals surface area contributed by atoms with Gasteiger partial charge in [-0.2, -0.15) is 0 Å². The van der Waals surface area contributed by atoms with Crippen molar-refractivity contribution in [1.82, 2.24) is 25.3 Å². The predicted molar refractivity (Wildman–Crippen MR) is 137 cm³/mol. The van der Waals surface area contributed by atoms with Crippen molar-refractivity contribution in [2.45, 2.75) is 38.7 Å². The van der Waals surface area contributed by atoms with Gasteiger partial charge in [-0.15, -0.1) is 0 Å². The van der Waals surface area contributed by atoms with Gasteiger partial charge in [-0.3, -0.25) is 14.8 Å². The Balaban J connectivity index is 1.58. The van der Waals surface area contributed by atoms with Crippen LogP contribution in [0.3, 0.4) is 0 Å². The molecule has 0 fully saturated rings. The van der Waals surface area contributed by atoms with Crippen molar-refractivity contribution >= 4 is 22.6 Å². The zero-order valence-corrected chi connectivity index (χ0v) is 20.4. The minimum atomic E-state index is -0.990. The average molecular weight is 471 g/mol. The lowest BCUT2D eigenvalue weighted by Crippen LogP contribution is -2.18. The third-order valence-electron chi connectivity index (χ3n) is 6.14. The second-order valence-electron chi connectivity index (χ2n) is 8.98. The van der Waals surface area contributed by atoms with Crippen LogP contribution in [0.5, 0.6) is 0 Å². The quantitative estimate of drug-likeness (QED) is 0.352. The zero-order chi connectivity index (χ0) is 25.0. The van der Waals surface area contributed by atoms with Crippen molar-refractivity contribution in [3.8, 4) is 11.3 Å². The maximum absolute atomic E-state index is 12.3. The number of hydrogen-bond donors (Lipinski definition) is 3. The molecule has 180 valence electrons. The van der Waals surface area contributed by atoms with Crippen LogP contribution in [0.25, 0.3) is 22.2 Å². The van der Waals surface area contributed by atoms with Crippen LogP contribution in [0, 0.1) is 0 Å². The van der Waals surface area contributed by atoms with E-state index in [0.717, 1.165) is 34.1 Å². The maximum Gasteiger partial charge on any atom is 0.251 e. The Morgan fingerprint density at radius 1 is 1.11 bits per heavy atom. The first-order valence-electron chi connectivity index (χ1n) is 11.7. The molecule has 0 aliphatic carbocycles. The molecule has 3 heterocycles. The summed E-state index contributed by atoms with van der Waals surface area (Å²) in [4.78, 5) is 30.0. The topological polar surface area (TPSA) is 113 Å². The number of benzene rings is 1. The first-order chi connectivity index (χ1) is 16.8. The SMILES string of the molecule is CCC(CNc1cc(-c2cncc(C(C)(C)O)c2)ncn1)c1cccc2c(C(=O)NC)ccnc12. The van der Waals surface area contributed by atoms with Crippen LogP contribution in [0.15, 0.2) is 61.3 Å². The fraction of sp³-hybridized carbons (Fsp3) is 0.296. The summed E-state index contributed by atoms with van der Waals surface area (Å²) < 4.78 is 0. The summed E-state index contributed by atoms with van der Waals surface area (Å²) in [5, 5.41) is 17.3. The van der Waals surface area contributed by atoms with E-state index in [2.05, 4.69) is 43.6 Å². The molecule has 0 spiro atoms. The third-order valence-corrected chi connectivity index (χ3v) is 6.14. The summed E-state index contributed by atoms with van der Waals surface area (Å²) in [6, 6.07) is 11.5. The lowest BCUT2D eigenvalue weighted by atomic mass is 9.92. The van der Waals surface area contributed by atoms with Gasteiger partial charge in [-0.25, -0.2) is 9.97 Å². The summed E-state index contributed by atoms with van der Waals surface area (Å²) in [6.07, 6.45) is 7.46. The number of nitrogens with one attached hydrogen (secondary N) is 2. The highest BCUT2D eigenvalue weighted by Gasteiger charge is 2.19. The number of rotatable bonds is 8. The molecular formula is C27H30N6O2. The third kappa shape index (κ3) is 5.27. The molecule has 0 aliphatic heterocycles. The number of anilines is 1. The van der Waals surface area contributed by atoms with Crippen molar-refractivity contribution in [2.75, 3.05) is 18.9 Å². The van der Waals surface area contributed by atoms with Gasteiger partial charge in [-0.1, -0.05) is 25.1 Å². The molecule has 3 N–H and O–H groups in total. The minimum absolute atomic E-state index is 0.127. The van der Waals surface area contributed by atoms with Crippen LogP contribution in [-0.2, 0) is 5.60 Å². The van der Waals surface area contributed by atoms with E-state index in [1.165, 1.54) is 6.33 Å². The summed E-state index contributed by atoms with van der Waals surface area (Å²) in [7, 11) is 1.63. The number of amides is 1. The highest BCUT2D eigenvalue weighted by molar-refractivity contribution is 6.06. The van der Waals surface area contributed by atoms with Gasteiger partial charge in [0.15, 0.2) is 0 Å². The van der Waals surface area contributed by atoms with Gasteiger partial charge in [0.05, 0.1) is 22.4 Å². The van der Waals surface area contributed by atoms with Crippen molar-refractivity contribution in [2.24, 2.45) is 0 Å². The second-order valence-corrected chi connectivity index (χ2v) is 8.98. The summed E-state index contributed by atoms with van der Waals surface area (Å²) in [6.45, 7) is 6.23. The number of hydrogen-bond acceptors (Lipinski definition) is 7. The molecule has 8 heteroatoms. The lowest BCUT2D eigenvalue weighted by molar-refractivity contribution is 0.0782. The molecule has 35 heavy (non-hydrogen) atoms. The van der Waals surface area contributed by atoms with Crippen LogP contribution in [-0.4, -0.2) is 44.5 Å². The van der Waals surface area contributed by atoms with E-state index in [1.807, 2.05) is 24.3 Å². The van der Waals surface area contributed by atoms with Crippen molar-refractivity contribution in [3.63, 3.8) is 0 Å². The number of carbonyl (C=O) groups excluding carboxylic acids is 1. The Kier molecular flexibility index (Phi) is 7.02.